The Kier molecular flexibility index (Phi) is 5.64. The SMILES string of the molecule is Cc1cc(C)cc(NC(=O)COc2c(C)cc(Br)cc2Br)c1. The predicted octanol–water partition coefficient (Wildman–Crippen LogP) is 5.15. The van der Waals surface area contributed by atoms with Crippen molar-refractivity contribution < 1.29 is 9.53 Å². The van der Waals surface area contributed by atoms with Gasteiger partial charge in [0.05, 0.1) is 4.47 Å². The molecule has 116 valence electrons. The number of amides is 1. The number of benzene rings is 2. The van der Waals surface area contributed by atoms with Crippen LogP contribution in [0.4, 0.5) is 5.69 Å². The Bertz CT molecular complexity index is 671. The van der Waals surface area contributed by atoms with Crippen molar-refractivity contribution in [3.63, 3.8) is 0 Å². The van der Waals surface area contributed by atoms with Crippen molar-refractivity contribution >= 4 is 43.5 Å². The highest BCUT2D eigenvalue weighted by molar-refractivity contribution is 9.11. The summed E-state index contributed by atoms with van der Waals surface area (Å²) in [7, 11) is 0. The normalized spacial score (nSPS) is 10.4. The minimum Gasteiger partial charge on any atom is -0.482 e. The Morgan fingerprint density at radius 1 is 1.05 bits per heavy atom. The molecule has 0 aliphatic rings. The fraction of sp³-hybridized carbons (Fsp3) is 0.235. The highest BCUT2D eigenvalue weighted by Crippen LogP contribution is 2.32. The molecule has 22 heavy (non-hydrogen) atoms. The summed E-state index contributed by atoms with van der Waals surface area (Å²) in [6, 6.07) is 9.78. The number of hydrogen-bond acceptors (Lipinski definition) is 2. The largest absolute Gasteiger partial charge is 0.482 e. The third-order valence-corrected chi connectivity index (χ3v) is 4.09. The number of halogens is 2. The van der Waals surface area contributed by atoms with E-state index in [1.165, 1.54) is 0 Å². The van der Waals surface area contributed by atoms with Gasteiger partial charge < -0.3 is 10.1 Å². The summed E-state index contributed by atoms with van der Waals surface area (Å²) in [6.07, 6.45) is 0. The maximum absolute atomic E-state index is 12.0. The van der Waals surface area contributed by atoms with Gasteiger partial charge in [-0.2, -0.15) is 0 Å². The summed E-state index contributed by atoms with van der Waals surface area (Å²) in [5.41, 5.74) is 3.98. The van der Waals surface area contributed by atoms with Gasteiger partial charge in [-0.3, -0.25) is 4.79 Å². The molecule has 0 heterocycles. The molecule has 1 amide bonds. The van der Waals surface area contributed by atoms with Crippen LogP contribution in [-0.2, 0) is 4.79 Å². The Labute approximate surface area is 147 Å². The minimum absolute atomic E-state index is 0.0337. The van der Waals surface area contributed by atoms with Gasteiger partial charge in [0.25, 0.3) is 5.91 Å². The highest BCUT2D eigenvalue weighted by Gasteiger charge is 2.10. The van der Waals surface area contributed by atoms with Gasteiger partial charge >= 0.3 is 0 Å². The molecule has 0 saturated heterocycles. The van der Waals surface area contributed by atoms with Crippen LogP contribution in [0.2, 0.25) is 0 Å². The first-order chi connectivity index (χ1) is 10.3. The van der Waals surface area contributed by atoms with Crippen molar-refractivity contribution in [3.8, 4) is 5.75 Å². The van der Waals surface area contributed by atoms with Crippen LogP contribution < -0.4 is 10.1 Å². The van der Waals surface area contributed by atoms with Crippen LogP contribution in [0.5, 0.6) is 5.75 Å². The maximum atomic E-state index is 12.0. The number of nitrogens with one attached hydrogen (secondary N) is 1. The first kappa shape index (κ1) is 17.0. The van der Waals surface area contributed by atoms with Crippen molar-refractivity contribution in [2.75, 3.05) is 11.9 Å². The van der Waals surface area contributed by atoms with Gasteiger partial charge in [-0.1, -0.05) is 22.0 Å². The molecule has 2 aromatic rings. The van der Waals surface area contributed by atoms with Crippen LogP contribution in [0.25, 0.3) is 0 Å². The number of ether oxygens (including phenoxy) is 1. The van der Waals surface area contributed by atoms with Gasteiger partial charge in [-0.25, -0.2) is 0 Å². The Morgan fingerprint density at radius 2 is 1.68 bits per heavy atom. The van der Waals surface area contributed by atoms with E-state index in [-0.39, 0.29) is 12.5 Å². The average Bonchev–Trinajstić information content (AvgIpc) is 2.35. The Morgan fingerprint density at radius 3 is 2.27 bits per heavy atom. The van der Waals surface area contributed by atoms with E-state index in [4.69, 9.17) is 4.74 Å². The number of aryl methyl sites for hydroxylation is 3. The highest BCUT2D eigenvalue weighted by atomic mass is 79.9. The smallest absolute Gasteiger partial charge is 0.262 e. The summed E-state index contributed by atoms with van der Waals surface area (Å²) in [6.45, 7) is 5.91. The van der Waals surface area contributed by atoms with Crippen molar-refractivity contribution in [3.05, 3.63) is 56.0 Å². The molecule has 0 saturated carbocycles. The fourth-order valence-corrected chi connectivity index (χ4v) is 3.81. The zero-order valence-corrected chi connectivity index (χ0v) is 15.8. The number of carbonyl (C=O) groups excluding carboxylic acids is 1. The summed E-state index contributed by atoms with van der Waals surface area (Å²) >= 11 is 6.87. The second-order valence-corrected chi connectivity index (χ2v) is 7.02. The molecule has 2 aromatic carbocycles. The molecule has 0 spiro atoms. The average molecular weight is 427 g/mol. The lowest BCUT2D eigenvalue weighted by Crippen LogP contribution is -2.20. The van der Waals surface area contributed by atoms with Gasteiger partial charge in [-0.05, 0) is 77.7 Å². The third kappa shape index (κ3) is 4.58. The lowest BCUT2D eigenvalue weighted by molar-refractivity contribution is -0.118. The zero-order valence-electron chi connectivity index (χ0n) is 12.7. The van der Waals surface area contributed by atoms with Crippen molar-refractivity contribution in [2.45, 2.75) is 20.8 Å². The van der Waals surface area contributed by atoms with E-state index < -0.39 is 0 Å². The second-order valence-electron chi connectivity index (χ2n) is 5.25. The summed E-state index contributed by atoms with van der Waals surface area (Å²) in [5, 5.41) is 2.86. The molecule has 0 aromatic heterocycles. The molecule has 0 aliphatic heterocycles. The first-order valence-electron chi connectivity index (χ1n) is 6.82. The van der Waals surface area contributed by atoms with Crippen LogP contribution in [0.1, 0.15) is 16.7 Å². The standard InChI is InChI=1S/C17H17Br2NO2/c1-10-4-11(2)6-14(5-10)20-16(21)9-22-17-12(3)7-13(18)8-15(17)19/h4-8H,9H2,1-3H3,(H,20,21). The first-order valence-corrected chi connectivity index (χ1v) is 8.40. The molecule has 0 radical (unpaired) electrons. The van der Waals surface area contributed by atoms with E-state index in [0.29, 0.717) is 5.75 Å². The number of rotatable bonds is 4. The minimum atomic E-state index is -0.181. The van der Waals surface area contributed by atoms with Gasteiger partial charge in [0.1, 0.15) is 5.75 Å². The Balaban J connectivity index is 2.01. The summed E-state index contributed by atoms with van der Waals surface area (Å²) in [5.74, 6) is 0.498. The predicted molar refractivity (Wildman–Crippen MR) is 96.6 cm³/mol. The van der Waals surface area contributed by atoms with Crippen LogP contribution in [0, 0.1) is 20.8 Å². The molecule has 0 fully saturated rings. The van der Waals surface area contributed by atoms with Gasteiger partial charge in [0.15, 0.2) is 6.61 Å². The topological polar surface area (TPSA) is 38.3 Å². The molecule has 0 bridgehead atoms. The molecule has 3 nitrogen and oxygen atoms in total. The fourth-order valence-electron chi connectivity index (χ4n) is 2.25. The summed E-state index contributed by atoms with van der Waals surface area (Å²) < 4.78 is 7.42. The second kappa shape index (κ2) is 7.29. The number of anilines is 1. The lowest BCUT2D eigenvalue weighted by Gasteiger charge is -2.12. The van der Waals surface area contributed by atoms with Crippen molar-refractivity contribution in [1.82, 2.24) is 0 Å². The zero-order chi connectivity index (χ0) is 16.3. The number of hydrogen-bond donors (Lipinski definition) is 1. The van der Waals surface area contributed by atoms with Gasteiger partial charge in [0, 0.05) is 10.2 Å². The Hall–Kier alpha value is -1.33. The van der Waals surface area contributed by atoms with E-state index in [1.807, 2.05) is 45.0 Å². The van der Waals surface area contributed by atoms with Gasteiger partial charge in [-0.15, -0.1) is 0 Å². The van der Waals surface area contributed by atoms with Gasteiger partial charge in [0.2, 0.25) is 0 Å². The van der Waals surface area contributed by atoms with E-state index in [2.05, 4.69) is 43.2 Å². The lowest BCUT2D eigenvalue weighted by atomic mass is 10.1. The summed E-state index contributed by atoms with van der Waals surface area (Å²) in [4.78, 5) is 12.0. The molecule has 0 unspecified atom stereocenters. The van der Waals surface area contributed by atoms with Crippen LogP contribution in [0.15, 0.2) is 39.3 Å². The van der Waals surface area contributed by atoms with Crippen LogP contribution in [0.3, 0.4) is 0 Å². The number of carbonyl (C=O) groups is 1. The van der Waals surface area contributed by atoms with E-state index in [0.717, 1.165) is 31.3 Å². The quantitative estimate of drug-likeness (QED) is 0.733. The van der Waals surface area contributed by atoms with Crippen LogP contribution in [-0.4, -0.2) is 12.5 Å². The third-order valence-electron chi connectivity index (χ3n) is 3.05. The molecule has 2 rings (SSSR count). The van der Waals surface area contributed by atoms with E-state index >= 15 is 0 Å². The molecule has 5 heteroatoms. The van der Waals surface area contributed by atoms with Crippen molar-refractivity contribution in [2.24, 2.45) is 0 Å². The molecule has 1 N–H and O–H groups in total. The maximum Gasteiger partial charge on any atom is 0.262 e. The molecule has 0 aliphatic carbocycles. The van der Waals surface area contributed by atoms with Crippen molar-refractivity contribution in [1.29, 1.82) is 0 Å². The van der Waals surface area contributed by atoms with E-state index in [1.54, 1.807) is 0 Å². The molecule has 0 atom stereocenters. The molecular formula is C17H17Br2NO2. The van der Waals surface area contributed by atoms with E-state index in [9.17, 15) is 4.79 Å². The monoisotopic (exact) mass is 425 g/mol. The molecular weight excluding hydrogens is 410 g/mol. The van der Waals surface area contributed by atoms with Crippen LogP contribution >= 0.6 is 31.9 Å².